The highest BCUT2D eigenvalue weighted by atomic mass is 16.7. The van der Waals surface area contributed by atoms with E-state index in [-0.39, 0.29) is 5.79 Å². The molecule has 0 amide bonds. The smallest absolute Gasteiger partial charge is 0.224 e. The Morgan fingerprint density at radius 2 is 2.03 bits per heavy atom. The summed E-state index contributed by atoms with van der Waals surface area (Å²) < 4.78 is 13.4. The summed E-state index contributed by atoms with van der Waals surface area (Å²) in [5.41, 5.74) is 4.84. The number of fused-ring (bicyclic) bond motifs is 2. The van der Waals surface area contributed by atoms with Crippen LogP contribution >= 0.6 is 0 Å². The lowest BCUT2D eigenvalue weighted by Gasteiger charge is -2.35. The van der Waals surface area contributed by atoms with Gasteiger partial charge in [0.2, 0.25) is 5.95 Å². The third-order valence-corrected chi connectivity index (χ3v) is 6.25. The molecule has 154 valence electrons. The van der Waals surface area contributed by atoms with E-state index >= 15 is 0 Å². The van der Waals surface area contributed by atoms with Crippen LogP contribution in [0.1, 0.15) is 25.7 Å². The van der Waals surface area contributed by atoms with Crippen molar-refractivity contribution < 1.29 is 9.47 Å². The Balaban J connectivity index is 1.23. The number of aromatic nitrogens is 6. The van der Waals surface area contributed by atoms with Crippen molar-refractivity contribution in [3.8, 4) is 11.1 Å². The molecule has 9 heteroatoms. The number of ether oxygens (including phenoxy) is 2. The van der Waals surface area contributed by atoms with Crippen LogP contribution in [0.4, 0.5) is 5.95 Å². The number of nitrogens with zero attached hydrogens (tertiary/aromatic N) is 5. The van der Waals surface area contributed by atoms with Gasteiger partial charge in [0, 0.05) is 49.3 Å². The maximum Gasteiger partial charge on any atom is 0.224 e. The summed E-state index contributed by atoms with van der Waals surface area (Å²) in [6, 6.07) is 6.46. The van der Waals surface area contributed by atoms with Gasteiger partial charge in [-0.3, -0.25) is 0 Å². The minimum absolute atomic E-state index is 0.329. The fourth-order valence-electron chi connectivity index (χ4n) is 4.58. The fraction of sp³-hybridized carbons (Fsp3) is 0.429. The molecule has 2 N–H and O–H groups in total. The van der Waals surface area contributed by atoms with Crippen LogP contribution in [0.25, 0.3) is 33.2 Å². The van der Waals surface area contributed by atoms with Gasteiger partial charge < -0.3 is 19.8 Å². The molecular formula is C21H23N7O2. The van der Waals surface area contributed by atoms with E-state index in [4.69, 9.17) is 14.5 Å². The third kappa shape index (κ3) is 2.93. The van der Waals surface area contributed by atoms with E-state index in [1.165, 1.54) is 0 Å². The van der Waals surface area contributed by atoms with E-state index in [1.807, 2.05) is 25.5 Å². The summed E-state index contributed by atoms with van der Waals surface area (Å²) in [5, 5.41) is 12.7. The van der Waals surface area contributed by atoms with Gasteiger partial charge >= 0.3 is 0 Å². The highest BCUT2D eigenvalue weighted by molar-refractivity contribution is 5.95. The Kier molecular flexibility index (Phi) is 4.00. The number of rotatable bonds is 3. The van der Waals surface area contributed by atoms with Gasteiger partial charge in [0.25, 0.3) is 0 Å². The molecule has 6 rings (SSSR count). The van der Waals surface area contributed by atoms with Crippen LogP contribution in [0.3, 0.4) is 0 Å². The van der Waals surface area contributed by atoms with Gasteiger partial charge in [0.05, 0.1) is 18.7 Å². The molecule has 0 radical (unpaired) electrons. The van der Waals surface area contributed by atoms with Crippen LogP contribution in [0, 0.1) is 0 Å². The first-order chi connectivity index (χ1) is 14.7. The molecular weight excluding hydrogens is 382 g/mol. The van der Waals surface area contributed by atoms with Crippen LogP contribution in [0.15, 0.2) is 30.6 Å². The summed E-state index contributed by atoms with van der Waals surface area (Å²) in [6.45, 7) is 1.41. The normalized spacial score (nSPS) is 19.2. The number of H-pyrrole nitrogens is 1. The molecule has 1 aliphatic carbocycles. The topological polar surface area (TPSA) is 103 Å². The lowest BCUT2D eigenvalue weighted by molar-refractivity contribution is -0.177. The minimum Gasteiger partial charge on any atom is -0.351 e. The maximum absolute atomic E-state index is 5.82. The Hall–Kier alpha value is -3.04. The van der Waals surface area contributed by atoms with Crippen molar-refractivity contribution in [2.45, 2.75) is 37.5 Å². The molecule has 1 aromatic carbocycles. The summed E-state index contributed by atoms with van der Waals surface area (Å²) in [6.07, 6.45) is 7.64. The molecule has 1 aliphatic heterocycles. The van der Waals surface area contributed by atoms with Crippen molar-refractivity contribution in [1.29, 1.82) is 0 Å². The number of nitrogens with one attached hydrogen (secondary N) is 2. The average molecular weight is 405 g/mol. The number of hydrogen-bond donors (Lipinski definition) is 2. The molecule has 9 nitrogen and oxygen atoms in total. The lowest BCUT2D eigenvalue weighted by Crippen LogP contribution is -2.39. The van der Waals surface area contributed by atoms with Gasteiger partial charge in [-0.1, -0.05) is 11.3 Å². The molecule has 2 aliphatic rings. The quantitative estimate of drug-likeness (QED) is 0.540. The van der Waals surface area contributed by atoms with Crippen molar-refractivity contribution >= 4 is 28.0 Å². The number of anilines is 1. The zero-order chi connectivity index (χ0) is 20.1. The standard InChI is InChI=1S/C21H23N7O2/c1-28-18-10-13(2-3-17(18)26-27-28)15-11-22-19-16(15)12-23-20(25-19)24-14-4-6-21(7-5-14)29-8-9-30-21/h2-3,10-12,14H,4-9H2,1H3,(H2,22,23,24,25). The van der Waals surface area contributed by atoms with E-state index in [0.717, 1.165) is 58.9 Å². The SMILES string of the molecule is Cn1nnc2ccc(-c3c[nH]c4nc(NC5CCC6(CC5)OCCO6)ncc34)cc21. The Labute approximate surface area is 172 Å². The van der Waals surface area contributed by atoms with Gasteiger partial charge in [0.1, 0.15) is 11.2 Å². The van der Waals surface area contributed by atoms with Crippen molar-refractivity contribution in [2.24, 2.45) is 7.05 Å². The highest BCUT2D eigenvalue weighted by Crippen LogP contribution is 2.36. The molecule has 4 aromatic rings. The van der Waals surface area contributed by atoms with E-state index in [9.17, 15) is 0 Å². The predicted octanol–water partition coefficient (Wildman–Crippen LogP) is 3.00. The maximum atomic E-state index is 5.82. The molecule has 0 bridgehead atoms. The van der Waals surface area contributed by atoms with Crippen molar-refractivity contribution in [2.75, 3.05) is 18.5 Å². The molecule has 1 spiro atoms. The summed E-state index contributed by atoms with van der Waals surface area (Å²) in [7, 11) is 1.90. The van der Waals surface area contributed by atoms with Crippen LogP contribution < -0.4 is 5.32 Å². The second-order valence-electron chi connectivity index (χ2n) is 8.10. The van der Waals surface area contributed by atoms with Crippen LogP contribution in [-0.2, 0) is 16.5 Å². The van der Waals surface area contributed by atoms with E-state index in [2.05, 4.69) is 37.7 Å². The Morgan fingerprint density at radius 3 is 2.87 bits per heavy atom. The Morgan fingerprint density at radius 1 is 1.20 bits per heavy atom. The van der Waals surface area contributed by atoms with E-state index < -0.39 is 0 Å². The van der Waals surface area contributed by atoms with Gasteiger partial charge in [-0.05, 0) is 30.5 Å². The molecule has 0 unspecified atom stereocenters. The van der Waals surface area contributed by atoms with Gasteiger partial charge in [-0.25, -0.2) is 9.67 Å². The zero-order valence-electron chi connectivity index (χ0n) is 16.8. The van der Waals surface area contributed by atoms with Gasteiger partial charge in [-0.2, -0.15) is 4.98 Å². The van der Waals surface area contributed by atoms with E-state index in [1.54, 1.807) is 4.68 Å². The molecule has 1 saturated carbocycles. The summed E-state index contributed by atoms with van der Waals surface area (Å²) in [4.78, 5) is 12.6. The van der Waals surface area contributed by atoms with Crippen molar-refractivity contribution in [3.63, 3.8) is 0 Å². The van der Waals surface area contributed by atoms with Crippen LogP contribution in [0.2, 0.25) is 0 Å². The lowest BCUT2D eigenvalue weighted by atomic mass is 9.90. The second kappa shape index (κ2) is 6.75. The van der Waals surface area contributed by atoms with Gasteiger partial charge in [0.15, 0.2) is 5.79 Å². The van der Waals surface area contributed by atoms with Crippen LogP contribution in [-0.4, -0.2) is 55.0 Å². The van der Waals surface area contributed by atoms with Crippen LogP contribution in [0.5, 0.6) is 0 Å². The van der Waals surface area contributed by atoms with Crippen molar-refractivity contribution in [1.82, 2.24) is 29.9 Å². The molecule has 3 aromatic heterocycles. The first-order valence-electron chi connectivity index (χ1n) is 10.4. The predicted molar refractivity (Wildman–Crippen MR) is 112 cm³/mol. The van der Waals surface area contributed by atoms with E-state index in [0.29, 0.717) is 25.2 Å². The highest BCUT2D eigenvalue weighted by Gasteiger charge is 2.40. The molecule has 1 saturated heterocycles. The Bertz CT molecular complexity index is 1210. The summed E-state index contributed by atoms with van der Waals surface area (Å²) >= 11 is 0. The number of benzene rings is 1. The number of hydrogen-bond acceptors (Lipinski definition) is 7. The van der Waals surface area contributed by atoms with Crippen molar-refractivity contribution in [3.05, 3.63) is 30.6 Å². The molecule has 30 heavy (non-hydrogen) atoms. The largest absolute Gasteiger partial charge is 0.351 e. The monoisotopic (exact) mass is 405 g/mol. The first-order valence-corrected chi connectivity index (χ1v) is 10.4. The first kappa shape index (κ1) is 17.8. The van der Waals surface area contributed by atoms with Gasteiger partial charge in [-0.15, -0.1) is 5.10 Å². The number of aromatic amines is 1. The zero-order valence-corrected chi connectivity index (χ0v) is 16.8. The summed E-state index contributed by atoms with van der Waals surface area (Å²) in [5.74, 6) is 0.304. The third-order valence-electron chi connectivity index (χ3n) is 6.25. The molecule has 2 fully saturated rings. The second-order valence-corrected chi connectivity index (χ2v) is 8.10. The number of aryl methyl sites for hydroxylation is 1. The minimum atomic E-state index is -0.345. The molecule has 0 atom stereocenters. The molecule has 4 heterocycles. The fourth-order valence-corrected chi connectivity index (χ4v) is 4.58. The average Bonchev–Trinajstić information content (AvgIpc) is 3.49.